The Bertz CT molecular complexity index is 362. The molecule has 3 heteroatoms. The average molecular weight is 238 g/mol. The van der Waals surface area contributed by atoms with E-state index >= 15 is 0 Å². The fourth-order valence-corrected chi connectivity index (χ4v) is 1.28. The SMILES string of the molecule is C#CC/C(C(=O)C(C)(C)OC)=C(\O)C(C)(C)C. The van der Waals surface area contributed by atoms with Crippen LogP contribution in [0.5, 0.6) is 0 Å². The van der Waals surface area contributed by atoms with E-state index in [1.165, 1.54) is 7.11 Å². The first-order valence-electron chi connectivity index (χ1n) is 5.54. The minimum atomic E-state index is -0.981. The zero-order chi connectivity index (χ0) is 13.9. The number of hydrogen-bond donors (Lipinski definition) is 1. The molecule has 0 fully saturated rings. The number of carbonyl (C=O) groups excluding carboxylic acids is 1. The second kappa shape index (κ2) is 5.37. The van der Waals surface area contributed by atoms with Crippen molar-refractivity contribution in [3.63, 3.8) is 0 Å². The number of aliphatic hydroxyl groups is 1. The second-order valence-corrected chi connectivity index (χ2v) is 5.50. The number of terminal acetylenes is 1. The van der Waals surface area contributed by atoms with Gasteiger partial charge in [-0.1, -0.05) is 20.8 Å². The molecule has 0 aromatic rings. The summed E-state index contributed by atoms with van der Waals surface area (Å²) >= 11 is 0. The molecule has 0 radical (unpaired) electrons. The van der Waals surface area contributed by atoms with Crippen molar-refractivity contribution in [3.8, 4) is 12.3 Å². The molecule has 0 aliphatic rings. The van der Waals surface area contributed by atoms with Crippen LogP contribution in [0.25, 0.3) is 0 Å². The Labute approximate surface area is 104 Å². The number of allylic oxidation sites excluding steroid dienone is 1. The van der Waals surface area contributed by atoms with Gasteiger partial charge < -0.3 is 9.84 Å². The lowest BCUT2D eigenvalue weighted by molar-refractivity contribution is -0.133. The molecule has 3 nitrogen and oxygen atoms in total. The Kier molecular flexibility index (Phi) is 4.97. The zero-order valence-electron chi connectivity index (χ0n) is 11.5. The molecular formula is C14H22O3. The minimum absolute atomic E-state index is 0.0329. The summed E-state index contributed by atoms with van der Waals surface area (Å²) in [5.74, 6) is 2.16. The first kappa shape index (κ1) is 15.7. The van der Waals surface area contributed by atoms with Crippen molar-refractivity contribution in [2.45, 2.75) is 46.6 Å². The number of Topliss-reactive ketones (excluding diaryl/α,β-unsaturated/α-hetero) is 1. The largest absolute Gasteiger partial charge is 0.511 e. The van der Waals surface area contributed by atoms with Gasteiger partial charge in [-0.15, -0.1) is 12.3 Å². The van der Waals surface area contributed by atoms with E-state index in [-0.39, 0.29) is 23.5 Å². The number of ether oxygens (including phenoxy) is 1. The molecule has 0 atom stereocenters. The van der Waals surface area contributed by atoms with Crippen LogP contribution in [-0.4, -0.2) is 23.6 Å². The van der Waals surface area contributed by atoms with E-state index in [4.69, 9.17) is 11.2 Å². The van der Waals surface area contributed by atoms with Gasteiger partial charge in [0.15, 0.2) is 5.78 Å². The van der Waals surface area contributed by atoms with E-state index in [2.05, 4.69) is 5.92 Å². The highest BCUT2D eigenvalue weighted by Gasteiger charge is 2.33. The van der Waals surface area contributed by atoms with Crippen molar-refractivity contribution < 1.29 is 14.6 Å². The molecule has 0 heterocycles. The molecule has 0 saturated carbocycles. The molecule has 0 rings (SSSR count). The van der Waals surface area contributed by atoms with Crippen molar-refractivity contribution in [2.24, 2.45) is 5.41 Å². The smallest absolute Gasteiger partial charge is 0.194 e. The average Bonchev–Trinajstić information content (AvgIpc) is 2.22. The second-order valence-electron chi connectivity index (χ2n) is 5.50. The van der Waals surface area contributed by atoms with Crippen molar-refractivity contribution in [2.75, 3.05) is 7.11 Å². The van der Waals surface area contributed by atoms with Crippen LogP contribution in [0.2, 0.25) is 0 Å². The van der Waals surface area contributed by atoms with Gasteiger partial charge in [0.1, 0.15) is 11.4 Å². The molecule has 0 spiro atoms. The molecule has 96 valence electrons. The summed E-state index contributed by atoms with van der Waals surface area (Å²) < 4.78 is 5.13. The summed E-state index contributed by atoms with van der Waals surface area (Å²) in [5.41, 5.74) is -1.23. The lowest BCUT2D eigenvalue weighted by Gasteiger charge is -2.26. The molecule has 0 unspecified atom stereocenters. The highest BCUT2D eigenvalue weighted by atomic mass is 16.5. The fourth-order valence-electron chi connectivity index (χ4n) is 1.28. The Balaban J connectivity index is 5.58. The first-order valence-corrected chi connectivity index (χ1v) is 5.54. The molecule has 0 aliphatic heterocycles. The van der Waals surface area contributed by atoms with E-state index in [9.17, 15) is 9.90 Å². The lowest BCUT2D eigenvalue weighted by Crippen LogP contribution is -2.36. The fraction of sp³-hybridized carbons (Fsp3) is 0.643. The molecule has 0 amide bonds. The number of ketones is 1. The van der Waals surface area contributed by atoms with Crippen LogP contribution >= 0.6 is 0 Å². The van der Waals surface area contributed by atoms with Gasteiger partial charge in [0.2, 0.25) is 0 Å². The summed E-state index contributed by atoms with van der Waals surface area (Å²) in [6, 6.07) is 0. The molecular weight excluding hydrogens is 216 g/mol. The number of rotatable bonds is 4. The third-order valence-electron chi connectivity index (χ3n) is 2.61. The van der Waals surface area contributed by atoms with Gasteiger partial charge >= 0.3 is 0 Å². The third-order valence-corrected chi connectivity index (χ3v) is 2.61. The summed E-state index contributed by atoms with van der Waals surface area (Å²) in [5, 5.41) is 10.1. The predicted octanol–water partition coefficient (Wildman–Crippen LogP) is 2.86. The molecule has 0 aliphatic carbocycles. The standard InChI is InChI=1S/C14H22O3/c1-8-9-10(11(15)13(2,3)4)12(16)14(5,6)17-7/h1,15H,9H2,2-7H3/b11-10+. The summed E-state index contributed by atoms with van der Waals surface area (Å²) in [6.07, 6.45) is 5.35. The van der Waals surface area contributed by atoms with Crippen LogP contribution in [0.15, 0.2) is 11.3 Å². The quantitative estimate of drug-likeness (QED) is 0.465. The Morgan fingerprint density at radius 2 is 1.76 bits per heavy atom. The van der Waals surface area contributed by atoms with Gasteiger partial charge in [-0.3, -0.25) is 4.79 Å². The van der Waals surface area contributed by atoms with Crippen LogP contribution in [0.4, 0.5) is 0 Å². The Hall–Kier alpha value is -1.27. The van der Waals surface area contributed by atoms with E-state index in [1.807, 2.05) is 20.8 Å². The predicted molar refractivity (Wildman–Crippen MR) is 68.7 cm³/mol. The van der Waals surface area contributed by atoms with E-state index in [0.29, 0.717) is 0 Å². The molecule has 17 heavy (non-hydrogen) atoms. The van der Waals surface area contributed by atoms with Gasteiger partial charge in [0.25, 0.3) is 0 Å². The number of carbonyl (C=O) groups is 1. The molecule has 1 N–H and O–H groups in total. The van der Waals surface area contributed by atoms with Crippen LogP contribution in [0, 0.1) is 17.8 Å². The van der Waals surface area contributed by atoms with Crippen molar-refractivity contribution in [1.82, 2.24) is 0 Å². The highest BCUT2D eigenvalue weighted by Crippen LogP contribution is 2.29. The van der Waals surface area contributed by atoms with Gasteiger partial charge in [0, 0.05) is 24.5 Å². The van der Waals surface area contributed by atoms with Crippen LogP contribution in [0.1, 0.15) is 41.0 Å². The highest BCUT2D eigenvalue weighted by molar-refractivity contribution is 6.02. The van der Waals surface area contributed by atoms with Crippen LogP contribution in [0.3, 0.4) is 0 Å². The number of aliphatic hydroxyl groups excluding tert-OH is 1. The van der Waals surface area contributed by atoms with Crippen molar-refractivity contribution in [1.29, 1.82) is 0 Å². The monoisotopic (exact) mass is 238 g/mol. The zero-order valence-corrected chi connectivity index (χ0v) is 11.5. The van der Waals surface area contributed by atoms with Gasteiger partial charge in [-0.05, 0) is 13.8 Å². The van der Waals surface area contributed by atoms with Gasteiger partial charge in [-0.25, -0.2) is 0 Å². The Morgan fingerprint density at radius 1 is 1.29 bits per heavy atom. The molecule has 0 saturated heterocycles. The maximum Gasteiger partial charge on any atom is 0.194 e. The van der Waals surface area contributed by atoms with Gasteiger partial charge in [0.05, 0.1) is 0 Å². The topological polar surface area (TPSA) is 46.5 Å². The summed E-state index contributed by atoms with van der Waals surface area (Å²) in [4.78, 5) is 12.2. The van der Waals surface area contributed by atoms with E-state index in [0.717, 1.165) is 0 Å². The van der Waals surface area contributed by atoms with Crippen molar-refractivity contribution >= 4 is 5.78 Å². The molecule has 0 aromatic carbocycles. The van der Waals surface area contributed by atoms with E-state index in [1.54, 1.807) is 13.8 Å². The van der Waals surface area contributed by atoms with Crippen molar-refractivity contribution in [3.05, 3.63) is 11.3 Å². The maximum absolute atomic E-state index is 12.2. The normalized spacial score (nSPS) is 13.9. The van der Waals surface area contributed by atoms with Crippen LogP contribution < -0.4 is 0 Å². The maximum atomic E-state index is 12.2. The number of hydrogen-bond acceptors (Lipinski definition) is 3. The number of methoxy groups -OCH3 is 1. The van der Waals surface area contributed by atoms with Gasteiger partial charge in [-0.2, -0.15) is 0 Å². The van der Waals surface area contributed by atoms with Crippen LogP contribution in [-0.2, 0) is 9.53 Å². The minimum Gasteiger partial charge on any atom is -0.511 e. The van der Waals surface area contributed by atoms with E-state index < -0.39 is 11.0 Å². The first-order chi connectivity index (χ1) is 7.57. The summed E-state index contributed by atoms with van der Waals surface area (Å²) in [6.45, 7) is 8.79. The molecule has 0 aromatic heterocycles. The molecule has 0 bridgehead atoms. The summed E-state index contributed by atoms with van der Waals surface area (Å²) in [7, 11) is 1.46. The Morgan fingerprint density at radius 3 is 2.06 bits per heavy atom. The third kappa shape index (κ3) is 3.90. The lowest BCUT2D eigenvalue weighted by atomic mass is 9.85.